The zero-order valence-electron chi connectivity index (χ0n) is 16.1. The van der Waals surface area contributed by atoms with Gasteiger partial charge in [-0.1, -0.05) is 39.8 Å². The Morgan fingerprint density at radius 3 is 1.77 bits per heavy atom. The topological polar surface area (TPSA) is 30.5 Å². The summed E-state index contributed by atoms with van der Waals surface area (Å²) in [5.41, 5.74) is 2.81. The maximum absolute atomic E-state index is 6.08. The van der Waals surface area contributed by atoms with Crippen LogP contribution < -0.4 is 10.8 Å². The molecule has 1 aliphatic rings. The van der Waals surface area contributed by atoms with Crippen molar-refractivity contribution in [1.82, 2.24) is 0 Å². The molecule has 2 rings (SSSR count). The average molecular weight is 307 g/mol. The van der Waals surface area contributed by atoms with Crippen molar-refractivity contribution in [3.63, 3.8) is 0 Å². The van der Waals surface area contributed by atoms with E-state index in [2.05, 4.69) is 52.1 Å². The number of anilines is 1. The van der Waals surface area contributed by atoms with Crippen LogP contribution in [0.4, 0.5) is 5.69 Å². The molecule has 22 heavy (non-hydrogen) atoms. The van der Waals surface area contributed by atoms with E-state index >= 15 is 0 Å². The Kier molecular flexibility index (Phi) is 8.20. The quantitative estimate of drug-likeness (QED) is 0.822. The molecule has 3 nitrogen and oxygen atoms in total. The van der Waals surface area contributed by atoms with Gasteiger partial charge in [0.1, 0.15) is 0 Å². The Morgan fingerprint density at radius 2 is 1.36 bits per heavy atom. The van der Waals surface area contributed by atoms with Crippen LogP contribution in [0.5, 0.6) is 0 Å². The molecular formula is C18H34BNO2. The highest BCUT2D eigenvalue weighted by Gasteiger charge is 2.52. The molecule has 0 aliphatic carbocycles. The first-order chi connectivity index (χ1) is 10.3. The molecule has 1 N–H and O–H groups in total. The van der Waals surface area contributed by atoms with E-state index in [9.17, 15) is 0 Å². The molecule has 1 fully saturated rings. The molecule has 0 atom stereocenters. The minimum Gasteiger partial charge on any atom is -0.399 e. The van der Waals surface area contributed by atoms with Crippen LogP contribution in [0.3, 0.4) is 0 Å². The summed E-state index contributed by atoms with van der Waals surface area (Å²) in [6.45, 7) is 18.4. The van der Waals surface area contributed by atoms with Gasteiger partial charge >= 0.3 is 7.12 Å². The summed E-state index contributed by atoms with van der Waals surface area (Å²) >= 11 is 0. The zero-order valence-corrected chi connectivity index (χ0v) is 16.1. The third-order valence-electron chi connectivity index (χ3n) is 4.15. The smallest absolute Gasteiger partial charge is 0.399 e. The summed E-state index contributed by atoms with van der Waals surface area (Å²) in [4.78, 5) is 0. The van der Waals surface area contributed by atoms with E-state index in [1.807, 2.05) is 40.8 Å². The first kappa shape index (κ1) is 21.0. The van der Waals surface area contributed by atoms with Crippen molar-refractivity contribution >= 4 is 18.3 Å². The third kappa shape index (κ3) is 4.27. The van der Waals surface area contributed by atoms with Gasteiger partial charge in [-0.2, -0.15) is 0 Å². The van der Waals surface area contributed by atoms with Crippen molar-refractivity contribution in [2.75, 3.05) is 12.4 Å². The lowest BCUT2D eigenvalue weighted by atomic mass is 9.76. The van der Waals surface area contributed by atoms with Gasteiger partial charge < -0.3 is 14.6 Å². The fourth-order valence-electron chi connectivity index (χ4n) is 2.15. The van der Waals surface area contributed by atoms with E-state index in [0.29, 0.717) is 0 Å². The molecule has 0 bridgehead atoms. The van der Waals surface area contributed by atoms with E-state index < -0.39 is 0 Å². The van der Waals surface area contributed by atoms with Gasteiger partial charge in [-0.15, -0.1) is 0 Å². The highest BCUT2D eigenvalue weighted by Crippen LogP contribution is 2.36. The Balaban J connectivity index is 0.00000102. The number of hydrogen-bond acceptors (Lipinski definition) is 3. The normalized spacial score (nSPS) is 17.8. The third-order valence-corrected chi connectivity index (χ3v) is 4.15. The lowest BCUT2D eigenvalue weighted by molar-refractivity contribution is 0.00578. The largest absolute Gasteiger partial charge is 0.495 e. The molecule has 1 aromatic rings. The highest BCUT2D eigenvalue weighted by atomic mass is 16.7. The van der Waals surface area contributed by atoms with Crippen LogP contribution >= 0.6 is 0 Å². The molecule has 0 spiro atoms. The Labute approximate surface area is 137 Å². The summed E-state index contributed by atoms with van der Waals surface area (Å²) in [6, 6.07) is 6.15. The van der Waals surface area contributed by atoms with E-state index in [-0.39, 0.29) is 18.3 Å². The minimum absolute atomic E-state index is 0.289. The number of nitrogens with one attached hydrogen (secondary N) is 1. The number of rotatable bonds is 2. The van der Waals surface area contributed by atoms with Crippen molar-refractivity contribution in [1.29, 1.82) is 0 Å². The summed E-state index contributed by atoms with van der Waals surface area (Å²) in [5, 5.41) is 3.19. The van der Waals surface area contributed by atoms with Gasteiger partial charge in [-0.05, 0) is 51.7 Å². The first-order valence-corrected chi connectivity index (χ1v) is 8.41. The molecule has 1 heterocycles. The van der Waals surface area contributed by atoms with Crippen LogP contribution in [0.25, 0.3) is 0 Å². The van der Waals surface area contributed by atoms with Gasteiger partial charge in [-0.3, -0.25) is 0 Å². The van der Waals surface area contributed by atoms with Crippen LogP contribution in [-0.2, 0) is 9.31 Å². The van der Waals surface area contributed by atoms with Crippen LogP contribution in [0.2, 0.25) is 0 Å². The Morgan fingerprint density at radius 1 is 0.909 bits per heavy atom. The minimum atomic E-state index is -0.292. The molecule has 1 aliphatic heterocycles. The molecule has 126 valence electrons. The summed E-state index contributed by atoms with van der Waals surface area (Å²) < 4.78 is 12.2. The maximum atomic E-state index is 6.08. The fourth-order valence-corrected chi connectivity index (χ4v) is 2.15. The van der Waals surface area contributed by atoms with Gasteiger partial charge in [0.05, 0.1) is 11.2 Å². The van der Waals surface area contributed by atoms with E-state index in [4.69, 9.17) is 9.31 Å². The van der Waals surface area contributed by atoms with Crippen LogP contribution in [0.15, 0.2) is 18.2 Å². The second-order valence-corrected chi connectivity index (χ2v) is 5.86. The lowest BCUT2D eigenvalue weighted by Crippen LogP contribution is -2.41. The van der Waals surface area contributed by atoms with Gasteiger partial charge in [0.25, 0.3) is 0 Å². The lowest BCUT2D eigenvalue weighted by Gasteiger charge is -2.32. The highest BCUT2D eigenvalue weighted by molar-refractivity contribution is 6.62. The van der Waals surface area contributed by atoms with Crippen molar-refractivity contribution in [3.8, 4) is 0 Å². The second kappa shape index (κ2) is 8.59. The molecule has 0 amide bonds. The summed E-state index contributed by atoms with van der Waals surface area (Å²) in [7, 11) is 1.64. The fraction of sp³-hybridized carbons (Fsp3) is 0.667. The summed E-state index contributed by atoms with van der Waals surface area (Å²) in [5.74, 6) is 0. The molecule has 4 heteroatoms. The molecule has 1 saturated heterocycles. The molecule has 1 aromatic carbocycles. The van der Waals surface area contributed by atoms with Crippen molar-refractivity contribution in [3.05, 3.63) is 23.8 Å². The molecule has 0 radical (unpaired) electrons. The van der Waals surface area contributed by atoms with Gasteiger partial charge in [-0.25, -0.2) is 0 Å². The standard InChI is InChI=1S/C14H22BNO2.2C2H6/c1-10-11(8-7-9-12(10)16-6)15-17-13(2,3)14(4,5)18-15;2*1-2/h7-9,16H,1-6H3;2*1-2H3. The predicted molar refractivity (Wildman–Crippen MR) is 99.1 cm³/mol. The van der Waals surface area contributed by atoms with E-state index in [1.165, 1.54) is 5.56 Å². The number of hydrogen-bond donors (Lipinski definition) is 1. The monoisotopic (exact) mass is 307 g/mol. The first-order valence-electron chi connectivity index (χ1n) is 8.41. The van der Waals surface area contributed by atoms with Crippen LogP contribution in [0, 0.1) is 6.92 Å². The zero-order chi connectivity index (χ0) is 17.6. The number of benzene rings is 1. The SMILES string of the molecule is CC.CC.CNc1cccc(B2OC(C)(C)C(C)(C)O2)c1C. The predicted octanol–water partition coefficient (Wildman–Crippen LogP) is 4.39. The van der Waals surface area contributed by atoms with Gasteiger partial charge in [0, 0.05) is 12.7 Å². The van der Waals surface area contributed by atoms with Gasteiger partial charge in [0.15, 0.2) is 0 Å². The van der Waals surface area contributed by atoms with E-state index in [0.717, 1.165) is 11.2 Å². The average Bonchev–Trinajstić information content (AvgIpc) is 2.72. The van der Waals surface area contributed by atoms with Crippen molar-refractivity contribution in [2.45, 2.75) is 73.5 Å². The maximum Gasteiger partial charge on any atom is 0.495 e. The molecular weight excluding hydrogens is 273 g/mol. The van der Waals surface area contributed by atoms with Gasteiger partial charge in [0.2, 0.25) is 0 Å². The second-order valence-electron chi connectivity index (χ2n) is 5.86. The van der Waals surface area contributed by atoms with E-state index in [1.54, 1.807) is 0 Å². The van der Waals surface area contributed by atoms with Crippen LogP contribution in [0.1, 0.15) is 61.0 Å². The Hall–Kier alpha value is -0.995. The molecule has 0 saturated carbocycles. The van der Waals surface area contributed by atoms with Crippen LogP contribution in [-0.4, -0.2) is 25.4 Å². The van der Waals surface area contributed by atoms with Crippen molar-refractivity contribution in [2.24, 2.45) is 0 Å². The molecule has 0 aromatic heterocycles. The van der Waals surface area contributed by atoms with Crippen molar-refractivity contribution < 1.29 is 9.31 Å². The molecule has 0 unspecified atom stereocenters. The summed E-state index contributed by atoms with van der Waals surface area (Å²) in [6.07, 6.45) is 0. The Bertz CT molecular complexity index is 442.